The van der Waals surface area contributed by atoms with Crippen LogP contribution in [0.25, 0.3) is 10.2 Å². The number of hydrogen-bond donors (Lipinski definition) is 0. The van der Waals surface area contributed by atoms with Crippen LogP contribution in [0.2, 0.25) is 0 Å². The predicted molar refractivity (Wildman–Crippen MR) is 86.2 cm³/mol. The quantitative estimate of drug-likeness (QED) is 0.725. The van der Waals surface area contributed by atoms with E-state index >= 15 is 0 Å². The van der Waals surface area contributed by atoms with Gasteiger partial charge in [0.1, 0.15) is 4.83 Å². The minimum atomic E-state index is 0.00699. The molecule has 1 aliphatic carbocycles. The molecular formula is C17H16N2OS. The molecule has 0 radical (unpaired) electrons. The third kappa shape index (κ3) is 1.94. The molecular weight excluding hydrogens is 280 g/mol. The van der Waals surface area contributed by atoms with Crippen molar-refractivity contribution in [2.24, 2.45) is 0 Å². The van der Waals surface area contributed by atoms with Crippen molar-refractivity contribution in [3.05, 3.63) is 63.0 Å². The van der Waals surface area contributed by atoms with Crippen molar-refractivity contribution >= 4 is 21.6 Å². The summed E-state index contributed by atoms with van der Waals surface area (Å²) >= 11 is 1.69. The maximum atomic E-state index is 12.9. The van der Waals surface area contributed by atoms with Crippen molar-refractivity contribution in [3.8, 4) is 0 Å². The van der Waals surface area contributed by atoms with E-state index in [0.29, 0.717) is 0 Å². The molecule has 0 spiro atoms. The smallest absolute Gasteiger partial charge is 0.262 e. The summed E-state index contributed by atoms with van der Waals surface area (Å²) in [7, 11) is 0. The molecule has 0 amide bonds. The zero-order valence-corrected chi connectivity index (χ0v) is 12.7. The molecule has 3 aromatic rings. The fourth-order valence-corrected chi connectivity index (χ4v) is 4.39. The topological polar surface area (TPSA) is 34.9 Å². The van der Waals surface area contributed by atoms with Crippen LogP contribution in [0, 0.1) is 0 Å². The molecule has 1 unspecified atom stereocenters. The minimum Gasteiger partial charge on any atom is -0.291 e. The Kier molecular flexibility index (Phi) is 2.93. The van der Waals surface area contributed by atoms with Gasteiger partial charge in [0.15, 0.2) is 0 Å². The molecule has 4 rings (SSSR count). The zero-order valence-electron chi connectivity index (χ0n) is 11.9. The average molecular weight is 296 g/mol. The van der Waals surface area contributed by atoms with Crippen molar-refractivity contribution in [1.29, 1.82) is 0 Å². The number of aromatic nitrogens is 2. The van der Waals surface area contributed by atoms with Gasteiger partial charge >= 0.3 is 0 Å². The molecule has 0 saturated carbocycles. The summed E-state index contributed by atoms with van der Waals surface area (Å²) in [5.74, 6) is 0. The first-order valence-electron chi connectivity index (χ1n) is 7.32. The number of benzene rings is 1. The van der Waals surface area contributed by atoms with E-state index in [9.17, 15) is 4.79 Å². The minimum absolute atomic E-state index is 0.00699. The molecule has 1 aliphatic rings. The first-order chi connectivity index (χ1) is 10.3. The Morgan fingerprint density at radius 3 is 2.86 bits per heavy atom. The fraction of sp³-hybridized carbons (Fsp3) is 0.294. The van der Waals surface area contributed by atoms with Crippen molar-refractivity contribution in [2.75, 3.05) is 0 Å². The molecule has 0 bridgehead atoms. The molecule has 0 fully saturated rings. The normalized spacial score (nSPS) is 15.3. The van der Waals surface area contributed by atoms with Crippen LogP contribution >= 0.6 is 11.3 Å². The van der Waals surface area contributed by atoms with Crippen LogP contribution in [0.15, 0.2) is 41.5 Å². The van der Waals surface area contributed by atoms with Crippen molar-refractivity contribution in [3.63, 3.8) is 0 Å². The summed E-state index contributed by atoms with van der Waals surface area (Å²) in [6.07, 6.45) is 4.99. The highest BCUT2D eigenvalue weighted by Crippen LogP contribution is 2.34. The molecule has 21 heavy (non-hydrogen) atoms. The van der Waals surface area contributed by atoms with Crippen LogP contribution in [-0.2, 0) is 12.8 Å². The maximum absolute atomic E-state index is 12.9. The molecule has 0 N–H and O–H groups in total. The molecule has 3 nitrogen and oxygen atoms in total. The summed E-state index contributed by atoms with van der Waals surface area (Å²) in [6, 6.07) is 10.1. The van der Waals surface area contributed by atoms with Crippen LogP contribution in [0.1, 0.15) is 35.4 Å². The Labute approximate surface area is 126 Å². The second-order valence-corrected chi connectivity index (χ2v) is 6.66. The van der Waals surface area contributed by atoms with E-state index in [-0.39, 0.29) is 11.6 Å². The SMILES string of the molecule is CC(c1ccccc1)n1cnc2sc3c(c2c1=O)CCC3. The van der Waals surface area contributed by atoms with Gasteiger partial charge in [-0.1, -0.05) is 30.3 Å². The van der Waals surface area contributed by atoms with Crippen molar-refractivity contribution in [2.45, 2.75) is 32.2 Å². The van der Waals surface area contributed by atoms with Crippen LogP contribution in [-0.4, -0.2) is 9.55 Å². The number of fused-ring (bicyclic) bond motifs is 3. The average Bonchev–Trinajstić information content (AvgIpc) is 3.08. The number of rotatable bonds is 2. The van der Waals surface area contributed by atoms with Gasteiger partial charge < -0.3 is 0 Å². The van der Waals surface area contributed by atoms with E-state index in [4.69, 9.17) is 0 Å². The van der Waals surface area contributed by atoms with E-state index in [0.717, 1.165) is 28.6 Å². The third-order valence-corrected chi connectivity index (χ3v) is 5.55. The molecule has 4 heteroatoms. The van der Waals surface area contributed by atoms with Gasteiger partial charge in [-0.15, -0.1) is 11.3 Å². The second kappa shape index (κ2) is 4.81. The van der Waals surface area contributed by atoms with Gasteiger partial charge in [0.2, 0.25) is 0 Å². The van der Waals surface area contributed by atoms with Gasteiger partial charge in [-0.05, 0) is 37.3 Å². The Morgan fingerprint density at radius 2 is 2.05 bits per heavy atom. The van der Waals surface area contributed by atoms with Crippen molar-refractivity contribution < 1.29 is 0 Å². The Hall–Kier alpha value is -1.94. The largest absolute Gasteiger partial charge is 0.291 e. The van der Waals surface area contributed by atoms with Gasteiger partial charge in [0.25, 0.3) is 5.56 Å². The first kappa shape index (κ1) is 12.8. The molecule has 0 aliphatic heterocycles. The monoisotopic (exact) mass is 296 g/mol. The van der Waals surface area contributed by atoms with E-state index in [2.05, 4.69) is 24.0 Å². The fourth-order valence-electron chi connectivity index (χ4n) is 3.17. The van der Waals surface area contributed by atoms with Gasteiger partial charge in [-0.3, -0.25) is 9.36 Å². The molecule has 1 atom stereocenters. The first-order valence-corrected chi connectivity index (χ1v) is 8.13. The van der Waals surface area contributed by atoms with Gasteiger partial charge in [0, 0.05) is 4.88 Å². The number of aryl methyl sites for hydroxylation is 2. The van der Waals surface area contributed by atoms with E-state index in [1.54, 1.807) is 22.2 Å². The lowest BCUT2D eigenvalue weighted by molar-refractivity contribution is 0.609. The van der Waals surface area contributed by atoms with Crippen LogP contribution in [0.3, 0.4) is 0 Å². The summed E-state index contributed by atoms with van der Waals surface area (Å²) < 4.78 is 1.77. The van der Waals surface area contributed by atoms with E-state index in [1.165, 1.54) is 16.9 Å². The Bertz CT molecular complexity index is 864. The molecule has 106 valence electrons. The number of nitrogens with zero attached hydrogens (tertiary/aromatic N) is 2. The predicted octanol–water partition coefficient (Wildman–Crippen LogP) is 3.56. The lowest BCUT2D eigenvalue weighted by atomic mass is 10.1. The highest BCUT2D eigenvalue weighted by atomic mass is 32.1. The number of thiophene rings is 1. The van der Waals surface area contributed by atoms with Crippen LogP contribution in [0.5, 0.6) is 0 Å². The highest BCUT2D eigenvalue weighted by Gasteiger charge is 2.22. The van der Waals surface area contributed by atoms with E-state index in [1.807, 2.05) is 18.2 Å². The molecule has 1 aromatic carbocycles. The molecule has 0 saturated heterocycles. The van der Waals surface area contributed by atoms with Crippen molar-refractivity contribution in [1.82, 2.24) is 9.55 Å². The highest BCUT2D eigenvalue weighted by molar-refractivity contribution is 7.18. The standard InChI is InChI=1S/C17H16N2OS/c1-11(12-6-3-2-4-7-12)19-10-18-16-15(17(19)20)13-8-5-9-14(13)21-16/h2-4,6-7,10-11H,5,8-9H2,1H3. The summed E-state index contributed by atoms with van der Waals surface area (Å²) in [4.78, 5) is 19.7. The lowest BCUT2D eigenvalue weighted by Crippen LogP contribution is -2.24. The number of hydrogen-bond acceptors (Lipinski definition) is 3. The van der Waals surface area contributed by atoms with Gasteiger partial charge in [-0.2, -0.15) is 0 Å². The lowest BCUT2D eigenvalue weighted by Gasteiger charge is -2.15. The van der Waals surface area contributed by atoms with Crippen LogP contribution in [0.4, 0.5) is 0 Å². The summed E-state index contributed by atoms with van der Waals surface area (Å²) in [5.41, 5.74) is 2.49. The second-order valence-electron chi connectivity index (χ2n) is 5.58. The Balaban J connectivity index is 1.91. The maximum Gasteiger partial charge on any atom is 0.262 e. The third-order valence-electron chi connectivity index (χ3n) is 4.35. The van der Waals surface area contributed by atoms with Gasteiger partial charge in [-0.25, -0.2) is 4.98 Å². The Morgan fingerprint density at radius 1 is 1.24 bits per heavy atom. The van der Waals surface area contributed by atoms with Gasteiger partial charge in [0.05, 0.1) is 17.8 Å². The summed E-state index contributed by atoms with van der Waals surface area (Å²) in [6.45, 7) is 2.05. The van der Waals surface area contributed by atoms with Crippen LogP contribution < -0.4 is 5.56 Å². The molecule has 2 heterocycles. The molecule has 2 aromatic heterocycles. The zero-order chi connectivity index (χ0) is 14.4. The van der Waals surface area contributed by atoms with E-state index < -0.39 is 0 Å². The summed E-state index contributed by atoms with van der Waals surface area (Å²) in [5, 5.41) is 0.859.